The molecule has 0 saturated carbocycles. The van der Waals surface area contributed by atoms with Crippen LogP contribution in [0.3, 0.4) is 0 Å². The average molecular weight is 270 g/mol. The Hall–Kier alpha value is -1.67. The van der Waals surface area contributed by atoms with Crippen LogP contribution in [0.15, 0.2) is 23.2 Å². The molecule has 18 heavy (non-hydrogen) atoms. The minimum absolute atomic E-state index is 0.136. The van der Waals surface area contributed by atoms with Crippen molar-refractivity contribution >= 4 is 21.7 Å². The molecule has 0 unspecified atom stereocenters. The lowest BCUT2D eigenvalue weighted by Gasteiger charge is -2.25. The molecule has 2 rings (SSSR count). The van der Waals surface area contributed by atoms with E-state index in [1.54, 1.807) is 7.05 Å². The lowest BCUT2D eigenvalue weighted by Crippen LogP contribution is -2.49. The molecule has 0 aliphatic carbocycles. The molecule has 1 amide bonds. The van der Waals surface area contributed by atoms with Crippen molar-refractivity contribution in [2.24, 2.45) is 0 Å². The van der Waals surface area contributed by atoms with Crippen molar-refractivity contribution in [2.45, 2.75) is 4.90 Å². The van der Waals surface area contributed by atoms with Crippen LogP contribution in [0.1, 0.15) is 0 Å². The lowest BCUT2D eigenvalue weighted by atomic mass is 10.4. The maximum absolute atomic E-state index is 12.3. The molecule has 1 saturated heterocycles. The summed E-state index contributed by atoms with van der Waals surface area (Å²) in [6.45, 7) is 0.479. The molecule has 7 nitrogen and oxygen atoms in total. The quantitative estimate of drug-likeness (QED) is 0.753. The third-order valence-corrected chi connectivity index (χ3v) is 4.47. The van der Waals surface area contributed by atoms with Gasteiger partial charge in [-0.15, -0.1) is 0 Å². The highest BCUT2D eigenvalue weighted by molar-refractivity contribution is 7.89. The number of anilines is 1. The van der Waals surface area contributed by atoms with Crippen molar-refractivity contribution < 1.29 is 13.2 Å². The molecule has 0 aromatic carbocycles. The fourth-order valence-corrected chi connectivity index (χ4v) is 3.09. The van der Waals surface area contributed by atoms with Crippen LogP contribution in [0, 0.1) is 0 Å². The first-order chi connectivity index (χ1) is 8.54. The minimum Gasteiger partial charge on any atom is -0.373 e. The van der Waals surface area contributed by atoms with Gasteiger partial charge < -0.3 is 10.6 Å². The van der Waals surface area contributed by atoms with E-state index in [0.29, 0.717) is 12.4 Å². The van der Waals surface area contributed by atoms with E-state index >= 15 is 0 Å². The summed E-state index contributed by atoms with van der Waals surface area (Å²) in [6, 6.07) is 2.87. The molecule has 0 radical (unpaired) electrons. The Morgan fingerprint density at radius 3 is 2.94 bits per heavy atom. The van der Waals surface area contributed by atoms with Crippen molar-refractivity contribution in [3.63, 3.8) is 0 Å². The number of pyridine rings is 1. The van der Waals surface area contributed by atoms with E-state index in [1.807, 2.05) is 0 Å². The van der Waals surface area contributed by atoms with E-state index < -0.39 is 10.0 Å². The second kappa shape index (κ2) is 4.91. The first kappa shape index (κ1) is 12.8. The van der Waals surface area contributed by atoms with E-state index in [9.17, 15) is 13.2 Å². The van der Waals surface area contributed by atoms with Crippen LogP contribution >= 0.6 is 0 Å². The fourth-order valence-electron chi connectivity index (χ4n) is 1.68. The normalized spacial score (nSPS) is 17.3. The number of rotatable bonds is 3. The Morgan fingerprint density at radius 1 is 1.50 bits per heavy atom. The molecule has 1 aliphatic heterocycles. The summed E-state index contributed by atoms with van der Waals surface area (Å²) < 4.78 is 25.7. The predicted molar refractivity (Wildman–Crippen MR) is 65.6 cm³/mol. The van der Waals surface area contributed by atoms with E-state index in [0.717, 1.165) is 0 Å². The summed E-state index contributed by atoms with van der Waals surface area (Å²) in [5.41, 5.74) is 0. The smallest absolute Gasteiger partial charge is 0.243 e. The molecule has 2 N–H and O–H groups in total. The Kier molecular flexibility index (Phi) is 3.48. The number of carbonyl (C=O) groups excluding carboxylic acids is 1. The van der Waals surface area contributed by atoms with Gasteiger partial charge in [0.1, 0.15) is 5.82 Å². The number of hydrogen-bond acceptors (Lipinski definition) is 5. The van der Waals surface area contributed by atoms with Gasteiger partial charge in [-0.2, -0.15) is 4.31 Å². The molecule has 8 heteroatoms. The highest BCUT2D eigenvalue weighted by Gasteiger charge is 2.29. The van der Waals surface area contributed by atoms with Crippen LogP contribution in [0.25, 0.3) is 0 Å². The second-order valence-corrected chi connectivity index (χ2v) is 5.75. The van der Waals surface area contributed by atoms with E-state index in [1.165, 1.54) is 22.6 Å². The Balaban J connectivity index is 2.32. The maximum atomic E-state index is 12.3. The molecular weight excluding hydrogens is 256 g/mol. The van der Waals surface area contributed by atoms with E-state index in [4.69, 9.17) is 0 Å². The van der Waals surface area contributed by atoms with Crippen LogP contribution < -0.4 is 10.6 Å². The first-order valence-corrected chi connectivity index (χ1v) is 6.88. The Bertz CT molecular complexity index is 558. The zero-order valence-corrected chi connectivity index (χ0v) is 10.7. The molecule has 2 heterocycles. The number of sulfonamides is 1. The first-order valence-electron chi connectivity index (χ1n) is 5.44. The second-order valence-electron chi connectivity index (χ2n) is 3.82. The zero-order valence-electron chi connectivity index (χ0n) is 9.88. The van der Waals surface area contributed by atoms with Crippen molar-refractivity contribution in [1.29, 1.82) is 0 Å². The van der Waals surface area contributed by atoms with E-state index in [-0.39, 0.29) is 23.9 Å². The minimum atomic E-state index is -3.64. The van der Waals surface area contributed by atoms with E-state index in [2.05, 4.69) is 15.6 Å². The van der Waals surface area contributed by atoms with Gasteiger partial charge in [-0.3, -0.25) is 4.79 Å². The van der Waals surface area contributed by atoms with Crippen molar-refractivity contribution in [1.82, 2.24) is 14.6 Å². The number of piperazine rings is 1. The van der Waals surface area contributed by atoms with Crippen molar-refractivity contribution in [2.75, 3.05) is 32.0 Å². The zero-order chi connectivity index (χ0) is 13.2. The van der Waals surface area contributed by atoms with Crippen LogP contribution in [0.5, 0.6) is 0 Å². The van der Waals surface area contributed by atoms with Gasteiger partial charge in [0.25, 0.3) is 0 Å². The Morgan fingerprint density at radius 2 is 2.28 bits per heavy atom. The molecule has 1 aromatic heterocycles. The average Bonchev–Trinajstić information content (AvgIpc) is 2.39. The topological polar surface area (TPSA) is 91.4 Å². The predicted octanol–water partition coefficient (Wildman–Crippen LogP) is -0.756. The molecule has 0 atom stereocenters. The summed E-state index contributed by atoms with van der Waals surface area (Å²) in [5, 5.41) is 5.37. The third-order valence-electron chi connectivity index (χ3n) is 2.63. The molecule has 0 spiro atoms. The van der Waals surface area contributed by atoms with Gasteiger partial charge in [0, 0.05) is 32.4 Å². The number of aromatic nitrogens is 1. The molecular formula is C10H14N4O3S. The molecule has 0 bridgehead atoms. The number of amides is 1. The van der Waals surface area contributed by atoms with Crippen molar-refractivity contribution in [3.8, 4) is 0 Å². The van der Waals surface area contributed by atoms with Gasteiger partial charge in [-0.25, -0.2) is 13.4 Å². The highest BCUT2D eigenvalue weighted by atomic mass is 32.2. The largest absolute Gasteiger partial charge is 0.373 e. The van der Waals surface area contributed by atoms with Gasteiger partial charge in [0.15, 0.2) is 0 Å². The summed E-state index contributed by atoms with van der Waals surface area (Å²) >= 11 is 0. The molecule has 1 fully saturated rings. The maximum Gasteiger partial charge on any atom is 0.243 e. The molecule has 98 valence electrons. The van der Waals surface area contributed by atoms with Crippen LogP contribution in [-0.2, 0) is 14.8 Å². The fraction of sp³-hybridized carbons (Fsp3) is 0.400. The van der Waals surface area contributed by atoms with Gasteiger partial charge in [0.2, 0.25) is 15.9 Å². The van der Waals surface area contributed by atoms with Gasteiger partial charge >= 0.3 is 0 Å². The van der Waals surface area contributed by atoms with Crippen LogP contribution in [0.2, 0.25) is 0 Å². The standard InChI is InChI=1S/C10H14N4O3S/c1-11-9-6-8(2-3-12-9)18(16,17)14-5-4-13-10(15)7-14/h2-3,6H,4-5,7H2,1H3,(H,11,12)(H,13,15). The number of hydrogen-bond donors (Lipinski definition) is 2. The number of carbonyl (C=O) groups is 1. The Labute approximate surface area is 105 Å². The van der Waals surface area contributed by atoms with Crippen LogP contribution in [-0.4, -0.2) is 50.3 Å². The number of nitrogens with one attached hydrogen (secondary N) is 2. The summed E-state index contributed by atoms with van der Waals surface area (Å²) in [4.78, 5) is 15.3. The third kappa shape index (κ3) is 2.44. The molecule has 1 aliphatic rings. The van der Waals surface area contributed by atoms with Gasteiger partial charge in [-0.1, -0.05) is 0 Å². The highest BCUT2D eigenvalue weighted by Crippen LogP contribution is 2.18. The van der Waals surface area contributed by atoms with Gasteiger partial charge in [-0.05, 0) is 6.07 Å². The summed E-state index contributed by atoms with van der Waals surface area (Å²) in [7, 11) is -1.98. The van der Waals surface area contributed by atoms with Crippen molar-refractivity contribution in [3.05, 3.63) is 18.3 Å². The monoisotopic (exact) mass is 270 g/mol. The molecule has 1 aromatic rings. The summed E-state index contributed by atoms with van der Waals surface area (Å²) in [6.07, 6.45) is 1.42. The van der Waals surface area contributed by atoms with Crippen LogP contribution in [0.4, 0.5) is 5.82 Å². The summed E-state index contributed by atoms with van der Waals surface area (Å²) in [5.74, 6) is 0.185. The number of nitrogens with zero attached hydrogens (tertiary/aromatic N) is 2. The lowest BCUT2D eigenvalue weighted by molar-refractivity contribution is -0.122. The van der Waals surface area contributed by atoms with Gasteiger partial charge in [0.05, 0.1) is 11.4 Å². The SMILES string of the molecule is CNc1cc(S(=O)(=O)N2CCNC(=O)C2)ccn1.